The van der Waals surface area contributed by atoms with Crippen molar-refractivity contribution in [3.63, 3.8) is 0 Å². The van der Waals surface area contributed by atoms with E-state index in [1.54, 1.807) is 42.5 Å². The third kappa shape index (κ3) is 4.26. The van der Waals surface area contributed by atoms with Crippen molar-refractivity contribution in [2.24, 2.45) is 5.10 Å². The summed E-state index contributed by atoms with van der Waals surface area (Å²) >= 11 is 5.98. The zero-order valence-electron chi connectivity index (χ0n) is 17.4. The van der Waals surface area contributed by atoms with Crippen LogP contribution in [0, 0.1) is 29.1 Å². The highest BCUT2D eigenvalue weighted by atomic mass is 35.5. The van der Waals surface area contributed by atoms with E-state index in [1.807, 2.05) is 6.07 Å². The summed E-state index contributed by atoms with van der Waals surface area (Å²) in [5, 5.41) is 4.42. The number of nitrogens with zero attached hydrogens (tertiary/aromatic N) is 2. The van der Waals surface area contributed by atoms with Crippen LogP contribution in [0.2, 0.25) is 5.02 Å². The van der Waals surface area contributed by atoms with E-state index in [0.29, 0.717) is 16.3 Å². The molecule has 0 saturated carbocycles. The summed E-state index contributed by atoms with van der Waals surface area (Å²) in [6, 6.07) is 13.7. The topological polar surface area (TPSA) is 41.9 Å². The summed E-state index contributed by atoms with van der Waals surface area (Å²) in [6.07, 6.45) is 1.36. The molecule has 0 aromatic heterocycles. The summed E-state index contributed by atoms with van der Waals surface area (Å²) < 4.78 is 74.9. The molecule has 0 unspecified atom stereocenters. The maximum absolute atomic E-state index is 14.2. The van der Waals surface area contributed by atoms with Crippen LogP contribution >= 0.6 is 11.6 Å². The first-order valence-electron chi connectivity index (χ1n) is 9.78. The first-order chi connectivity index (χ1) is 16.2. The second-order valence-electron chi connectivity index (χ2n) is 7.24. The van der Waals surface area contributed by atoms with Gasteiger partial charge in [0, 0.05) is 10.6 Å². The highest BCUT2D eigenvalue weighted by molar-refractivity contribution is 6.32. The van der Waals surface area contributed by atoms with Gasteiger partial charge in [-0.1, -0.05) is 41.9 Å². The molecule has 3 aromatic carbocycles. The molecule has 0 spiro atoms. The van der Waals surface area contributed by atoms with E-state index >= 15 is 0 Å². The van der Waals surface area contributed by atoms with Crippen molar-refractivity contribution < 1.29 is 31.5 Å². The van der Waals surface area contributed by atoms with Gasteiger partial charge in [0.1, 0.15) is 18.0 Å². The Bertz CT molecular complexity index is 1340. The predicted octanol–water partition coefficient (Wildman–Crippen LogP) is 6.42. The number of hydrazone groups is 1. The summed E-state index contributed by atoms with van der Waals surface area (Å²) in [6.45, 7) is 1.53. The Hall–Kier alpha value is -3.72. The van der Waals surface area contributed by atoms with Crippen molar-refractivity contribution in [3.8, 4) is 5.75 Å². The number of ether oxygens (including phenoxy) is 1. The van der Waals surface area contributed by atoms with E-state index in [-0.39, 0.29) is 22.9 Å². The third-order valence-corrected chi connectivity index (χ3v) is 5.20. The van der Waals surface area contributed by atoms with Gasteiger partial charge in [-0.2, -0.15) is 10.1 Å². The third-order valence-electron chi connectivity index (χ3n) is 4.96. The molecule has 3 aromatic rings. The van der Waals surface area contributed by atoms with Crippen molar-refractivity contribution in [2.45, 2.75) is 13.5 Å². The number of carbonyl (C=O) groups excluding carboxylic acids is 1. The summed E-state index contributed by atoms with van der Waals surface area (Å²) in [5.74, 6) is -11.7. The molecule has 1 aliphatic heterocycles. The number of carbonyl (C=O) groups is 1. The van der Waals surface area contributed by atoms with Crippen LogP contribution < -0.4 is 9.75 Å². The molecule has 0 saturated heterocycles. The quantitative estimate of drug-likeness (QED) is 0.178. The average Bonchev–Trinajstić information content (AvgIpc) is 3.09. The number of rotatable bonds is 5. The van der Waals surface area contributed by atoms with Crippen molar-refractivity contribution in [3.05, 3.63) is 99.3 Å². The molecule has 4 rings (SSSR count). The Kier molecular flexibility index (Phi) is 6.39. The summed E-state index contributed by atoms with van der Waals surface area (Å²) in [4.78, 5) is 12.9. The number of benzene rings is 3. The Morgan fingerprint density at radius 2 is 1.59 bits per heavy atom. The van der Waals surface area contributed by atoms with E-state index in [4.69, 9.17) is 16.3 Å². The Balaban J connectivity index is 1.67. The standard InChI is InChI=1S/C24H14ClF5N2O2/c1-12-16(24(33)32(31-12)23-21(29)19(27)18(26)20(28)22(23)30)10-14-6-2-3-8-17(14)34-11-13-5-4-7-15(25)9-13/h2-10H,11H2,1H3/b16-10-. The zero-order chi connectivity index (χ0) is 24.6. The minimum absolute atomic E-state index is 0.0126. The van der Waals surface area contributed by atoms with E-state index in [1.165, 1.54) is 13.0 Å². The Morgan fingerprint density at radius 1 is 0.941 bits per heavy atom. The summed E-state index contributed by atoms with van der Waals surface area (Å²) in [7, 11) is 0. The van der Waals surface area contributed by atoms with E-state index < -0.39 is 40.7 Å². The molecule has 174 valence electrons. The van der Waals surface area contributed by atoms with Gasteiger partial charge in [0.25, 0.3) is 5.91 Å². The van der Waals surface area contributed by atoms with Gasteiger partial charge in [-0.3, -0.25) is 4.79 Å². The van der Waals surface area contributed by atoms with Gasteiger partial charge < -0.3 is 4.74 Å². The number of halogens is 6. The summed E-state index contributed by atoms with van der Waals surface area (Å²) in [5.41, 5.74) is -0.320. The smallest absolute Gasteiger partial charge is 0.280 e. The van der Waals surface area contributed by atoms with E-state index in [9.17, 15) is 26.7 Å². The fourth-order valence-electron chi connectivity index (χ4n) is 3.29. The van der Waals surface area contributed by atoms with E-state index in [0.717, 1.165) is 5.56 Å². The van der Waals surface area contributed by atoms with Crippen LogP contribution in [0.4, 0.5) is 27.6 Å². The molecule has 0 radical (unpaired) electrons. The van der Waals surface area contributed by atoms with Gasteiger partial charge in [0.05, 0.1) is 11.3 Å². The fourth-order valence-corrected chi connectivity index (χ4v) is 3.50. The van der Waals surface area contributed by atoms with Crippen molar-refractivity contribution in [1.29, 1.82) is 0 Å². The molecule has 0 fully saturated rings. The van der Waals surface area contributed by atoms with Crippen molar-refractivity contribution in [1.82, 2.24) is 0 Å². The Morgan fingerprint density at radius 3 is 2.26 bits per heavy atom. The molecular weight excluding hydrogens is 479 g/mol. The molecule has 1 amide bonds. The second kappa shape index (κ2) is 9.26. The second-order valence-corrected chi connectivity index (χ2v) is 7.67. The van der Waals surface area contributed by atoms with Gasteiger partial charge in [-0.25, -0.2) is 22.0 Å². The van der Waals surface area contributed by atoms with Gasteiger partial charge in [0.2, 0.25) is 5.82 Å². The molecule has 4 nitrogen and oxygen atoms in total. The Labute approximate surface area is 195 Å². The minimum atomic E-state index is -2.33. The first-order valence-corrected chi connectivity index (χ1v) is 10.2. The normalized spacial score (nSPS) is 14.7. The molecule has 1 heterocycles. The maximum Gasteiger partial charge on any atom is 0.280 e. The van der Waals surface area contributed by atoms with Crippen LogP contribution in [0.3, 0.4) is 0 Å². The molecular formula is C24H14ClF5N2O2. The molecule has 0 aliphatic carbocycles. The van der Waals surface area contributed by atoms with Crippen LogP contribution in [0.15, 0.2) is 59.2 Å². The lowest BCUT2D eigenvalue weighted by atomic mass is 10.1. The lowest BCUT2D eigenvalue weighted by molar-refractivity contribution is -0.114. The SMILES string of the molecule is CC1=NN(c2c(F)c(F)c(F)c(F)c2F)C(=O)/C1=C\c1ccccc1OCc1cccc(Cl)c1. The highest BCUT2D eigenvalue weighted by Crippen LogP contribution is 2.34. The van der Waals surface area contributed by atoms with E-state index in [2.05, 4.69) is 5.10 Å². The highest BCUT2D eigenvalue weighted by Gasteiger charge is 2.37. The maximum atomic E-state index is 14.2. The average molecular weight is 493 g/mol. The lowest BCUT2D eigenvalue weighted by Crippen LogP contribution is -2.25. The monoisotopic (exact) mass is 492 g/mol. The van der Waals surface area contributed by atoms with Crippen LogP contribution in [0.1, 0.15) is 18.1 Å². The number of amides is 1. The minimum Gasteiger partial charge on any atom is -0.488 e. The molecule has 10 heteroatoms. The fraction of sp³-hybridized carbons (Fsp3) is 0.0833. The first kappa shape index (κ1) is 23.4. The van der Waals surface area contributed by atoms with Crippen LogP contribution in [-0.4, -0.2) is 11.6 Å². The number of anilines is 1. The van der Waals surface area contributed by atoms with Gasteiger partial charge in [-0.15, -0.1) is 0 Å². The molecule has 1 aliphatic rings. The number of para-hydroxylation sites is 1. The molecule has 0 bridgehead atoms. The largest absolute Gasteiger partial charge is 0.488 e. The van der Waals surface area contributed by atoms with Crippen molar-refractivity contribution >= 4 is 35.0 Å². The van der Waals surface area contributed by atoms with Gasteiger partial charge in [-0.05, 0) is 36.8 Å². The van der Waals surface area contributed by atoms with Crippen LogP contribution in [0.5, 0.6) is 5.75 Å². The molecule has 0 atom stereocenters. The number of hydrogen-bond donors (Lipinski definition) is 0. The lowest BCUT2D eigenvalue weighted by Gasteiger charge is -2.15. The number of hydrogen-bond acceptors (Lipinski definition) is 3. The van der Waals surface area contributed by atoms with Gasteiger partial charge >= 0.3 is 0 Å². The van der Waals surface area contributed by atoms with Crippen molar-refractivity contribution in [2.75, 3.05) is 5.01 Å². The van der Waals surface area contributed by atoms with Gasteiger partial charge in [0.15, 0.2) is 23.3 Å². The predicted molar refractivity (Wildman–Crippen MR) is 117 cm³/mol. The zero-order valence-corrected chi connectivity index (χ0v) is 18.1. The van der Waals surface area contributed by atoms with Crippen LogP contribution in [0.25, 0.3) is 6.08 Å². The molecule has 0 N–H and O–H groups in total. The molecule has 34 heavy (non-hydrogen) atoms. The van der Waals surface area contributed by atoms with Crippen LogP contribution in [-0.2, 0) is 11.4 Å².